The minimum Gasteiger partial charge on any atom is -0.376 e. The molecule has 0 bridgehead atoms. The van der Waals surface area contributed by atoms with Crippen molar-refractivity contribution in [3.63, 3.8) is 0 Å². The molecule has 0 saturated carbocycles. The molecule has 0 spiro atoms. The lowest BCUT2D eigenvalue weighted by atomic mass is 10.0. The SMILES string of the molecule is CN(C)c1cncc(-c2cc(F)c3n[nH]c(-c4nc5c(-c6cc(F)cc(CNS(C)(=O)=O)c6)nccc5[nH]4)c3c2)c1. The van der Waals surface area contributed by atoms with Crippen molar-refractivity contribution in [1.29, 1.82) is 0 Å². The smallest absolute Gasteiger partial charge is 0.209 e. The van der Waals surface area contributed by atoms with E-state index in [9.17, 15) is 12.8 Å². The van der Waals surface area contributed by atoms with E-state index in [0.717, 1.165) is 17.5 Å². The number of fused-ring (bicyclic) bond motifs is 2. The Bertz CT molecular complexity index is 2050. The highest BCUT2D eigenvalue weighted by molar-refractivity contribution is 7.88. The maximum Gasteiger partial charge on any atom is 0.209 e. The van der Waals surface area contributed by atoms with Gasteiger partial charge < -0.3 is 9.88 Å². The van der Waals surface area contributed by atoms with Crippen molar-refractivity contribution in [2.45, 2.75) is 6.54 Å². The Morgan fingerprint density at radius 1 is 0.976 bits per heavy atom. The van der Waals surface area contributed by atoms with E-state index in [1.54, 1.807) is 30.7 Å². The molecule has 3 N–H and O–H groups in total. The molecule has 0 aliphatic carbocycles. The third-order valence-electron chi connectivity index (χ3n) is 6.59. The molecule has 0 atom stereocenters. The Labute approximate surface area is 233 Å². The summed E-state index contributed by atoms with van der Waals surface area (Å²) in [5.74, 6) is -0.648. The Morgan fingerprint density at radius 3 is 2.59 bits per heavy atom. The van der Waals surface area contributed by atoms with E-state index in [4.69, 9.17) is 4.98 Å². The fraction of sp³-hybridized carbons (Fsp3) is 0.143. The number of aromatic amines is 2. The fourth-order valence-corrected chi connectivity index (χ4v) is 5.05. The van der Waals surface area contributed by atoms with Gasteiger partial charge >= 0.3 is 0 Å². The summed E-state index contributed by atoms with van der Waals surface area (Å²) >= 11 is 0. The number of imidazole rings is 1. The summed E-state index contributed by atoms with van der Waals surface area (Å²) < 4.78 is 55.1. The lowest BCUT2D eigenvalue weighted by molar-refractivity contribution is 0.586. The van der Waals surface area contributed by atoms with E-state index < -0.39 is 21.7 Å². The van der Waals surface area contributed by atoms with Crippen LogP contribution >= 0.6 is 0 Å². The molecular weight excluding hydrogens is 550 g/mol. The molecular formula is C28H24F2N8O2S. The third kappa shape index (κ3) is 5.24. The van der Waals surface area contributed by atoms with Gasteiger partial charge in [-0.25, -0.2) is 26.9 Å². The Morgan fingerprint density at radius 2 is 1.80 bits per heavy atom. The van der Waals surface area contributed by atoms with Gasteiger partial charge in [0.15, 0.2) is 11.6 Å². The highest BCUT2D eigenvalue weighted by Gasteiger charge is 2.19. The first-order valence-corrected chi connectivity index (χ1v) is 14.3. The van der Waals surface area contributed by atoms with E-state index in [-0.39, 0.29) is 12.1 Å². The lowest BCUT2D eigenvalue weighted by Gasteiger charge is -2.13. The van der Waals surface area contributed by atoms with Crippen LogP contribution in [0.4, 0.5) is 14.5 Å². The van der Waals surface area contributed by atoms with Crippen molar-refractivity contribution < 1.29 is 17.2 Å². The van der Waals surface area contributed by atoms with Crippen molar-refractivity contribution >= 4 is 37.6 Å². The highest BCUT2D eigenvalue weighted by Crippen LogP contribution is 2.34. The molecule has 0 unspecified atom stereocenters. The number of halogens is 2. The molecule has 208 valence electrons. The summed E-state index contributed by atoms with van der Waals surface area (Å²) in [6.45, 7) is -0.0770. The normalized spacial score (nSPS) is 11.9. The first-order chi connectivity index (χ1) is 19.6. The van der Waals surface area contributed by atoms with Gasteiger partial charge in [0.2, 0.25) is 10.0 Å². The molecule has 4 heterocycles. The molecule has 10 nitrogen and oxygen atoms in total. The van der Waals surface area contributed by atoms with Crippen molar-refractivity contribution in [3.8, 4) is 33.9 Å². The second-order valence-electron chi connectivity index (χ2n) is 9.86. The van der Waals surface area contributed by atoms with Crippen LogP contribution in [-0.2, 0) is 16.6 Å². The van der Waals surface area contributed by atoms with Gasteiger partial charge in [-0.1, -0.05) is 0 Å². The summed E-state index contributed by atoms with van der Waals surface area (Å²) in [5, 5.41) is 7.60. The molecule has 0 fully saturated rings. The van der Waals surface area contributed by atoms with E-state index in [1.807, 2.05) is 31.1 Å². The molecule has 0 amide bonds. The van der Waals surface area contributed by atoms with Gasteiger partial charge in [-0.2, -0.15) is 5.10 Å². The zero-order chi connectivity index (χ0) is 28.9. The zero-order valence-corrected chi connectivity index (χ0v) is 23.0. The van der Waals surface area contributed by atoms with Crippen LogP contribution in [0.5, 0.6) is 0 Å². The number of sulfonamides is 1. The molecule has 0 radical (unpaired) electrons. The number of H-pyrrole nitrogens is 2. The first-order valence-electron chi connectivity index (χ1n) is 12.5. The summed E-state index contributed by atoms with van der Waals surface area (Å²) in [4.78, 5) is 18.6. The maximum absolute atomic E-state index is 15.2. The topological polar surface area (TPSA) is 133 Å². The lowest BCUT2D eigenvalue weighted by Crippen LogP contribution is -2.21. The number of hydrogen-bond acceptors (Lipinski definition) is 7. The zero-order valence-electron chi connectivity index (χ0n) is 22.2. The van der Waals surface area contributed by atoms with Crippen LogP contribution in [-0.4, -0.2) is 58.9 Å². The number of aromatic nitrogens is 6. The average Bonchev–Trinajstić information content (AvgIpc) is 3.56. The summed E-state index contributed by atoms with van der Waals surface area (Å²) in [7, 11) is 0.342. The largest absolute Gasteiger partial charge is 0.376 e. The number of nitrogens with one attached hydrogen (secondary N) is 3. The van der Waals surface area contributed by atoms with Crippen LogP contribution < -0.4 is 9.62 Å². The quantitative estimate of drug-likeness (QED) is 0.253. The van der Waals surface area contributed by atoms with E-state index in [1.165, 1.54) is 18.2 Å². The van der Waals surface area contributed by atoms with Crippen LogP contribution in [0.3, 0.4) is 0 Å². The predicted octanol–water partition coefficient (Wildman–Crippen LogP) is 4.62. The fourth-order valence-electron chi connectivity index (χ4n) is 4.62. The molecule has 0 saturated heterocycles. The van der Waals surface area contributed by atoms with Gasteiger partial charge in [0.25, 0.3) is 0 Å². The van der Waals surface area contributed by atoms with Gasteiger partial charge in [0.05, 0.1) is 29.4 Å². The number of hydrogen-bond donors (Lipinski definition) is 3. The van der Waals surface area contributed by atoms with Crippen molar-refractivity contribution in [2.75, 3.05) is 25.3 Å². The van der Waals surface area contributed by atoms with Gasteiger partial charge in [-0.15, -0.1) is 0 Å². The molecule has 13 heteroatoms. The molecule has 0 aliphatic rings. The summed E-state index contributed by atoms with van der Waals surface area (Å²) in [5.41, 5.74) is 5.20. The second kappa shape index (κ2) is 10.0. The Hall–Kier alpha value is -4.75. The van der Waals surface area contributed by atoms with Crippen molar-refractivity contribution in [2.24, 2.45) is 0 Å². The molecule has 41 heavy (non-hydrogen) atoms. The minimum atomic E-state index is -3.46. The minimum absolute atomic E-state index is 0.0770. The number of benzene rings is 2. The summed E-state index contributed by atoms with van der Waals surface area (Å²) in [6, 6.07) is 11.1. The molecule has 6 rings (SSSR count). The number of pyridine rings is 2. The monoisotopic (exact) mass is 574 g/mol. The Kier molecular flexibility index (Phi) is 6.47. The van der Waals surface area contributed by atoms with Gasteiger partial charge in [-0.05, 0) is 53.6 Å². The molecule has 0 aliphatic heterocycles. The highest BCUT2D eigenvalue weighted by atomic mass is 32.2. The van der Waals surface area contributed by atoms with Crippen LogP contribution in [0.15, 0.2) is 61.1 Å². The van der Waals surface area contributed by atoms with E-state index >= 15 is 4.39 Å². The van der Waals surface area contributed by atoms with Crippen molar-refractivity contribution in [1.82, 2.24) is 34.9 Å². The second-order valence-corrected chi connectivity index (χ2v) is 11.7. The number of nitrogens with zero attached hydrogens (tertiary/aromatic N) is 5. The van der Waals surface area contributed by atoms with Crippen LogP contribution in [0.1, 0.15) is 5.56 Å². The number of rotatable bonds is 7. The predicted molar refractivity (Wildman–Crippen MR) is 154 cm³/mol. The first kappa shape index (κ1) is 26.5. The third-order valence-corrected chi connectivity index (χ3v) is 7.26. The Balaban J connectivity index is 1.44. The maximum atomic E-state index is 15.2. The van der Waals surface area contributed by atoms with Crippen LogP contribution in [0.2, 0.25) is 0 Å². The standard InChI is InChI=1S/C28H24F2N8O2S/c1-38(2)20-9-18(13-31-14-20)16-10-21-25(22(30)11-16)36-37-26(21)28-34-23-4-5-32-24(27(23)35-28)17-6-15(7-19(29)8-17)12-33-41(3,39)40/h4-11,13-14,33H,12H2,1-3H3,(H,34,35)(H,36,37). The molecule has 4 aromatic heterocycles. The molecule has 2 aromatic carbocycles. The van der Waals surface area contributed by atoms with Crippen molar-refractivity contribution in [3.05, 3.63) is 78.3 Å². The number of anilines is 1. The van der Waals surface area contributed by atoms with Gasteiger partial charge in [0.1, 0.15) is 22.5 Å². The van der Waals surface area contributed by atoms with E-state index in [2.05, 4.69) is 29.9 Å². The summed E-state index contributed by atoms with van der Waals surface area (Å²) in [6.07, 6.45) is 6.00. The van der Waals surface area contributed by atoms with E-state index in [0.29, 0.717) is 50.3 Å². The van der Waals surface area contributed by atoms with Gasteiger partial charge in [0, 0.05) is 49.5 Å². The molecule has 6 aromatic rings. The average molecular weight is 575 g/mol. The van der Waals surface area contributed by atoms with Gasteiger partial charge in [-0.3, -0.25) is 15.1 Å². The van der Waals surface area contributed by atoms with Crippen LogP contribution in [0, 0.1) is 11.6 Å². The van der Waals surface area contributed by atoms with Crippen LogP contribution in [0.25, 0.3) is 55.8 Å².